The first kappa shape index (κ1) is 17.2. The largest absolute Gasteiger partial charge is 0.465 e. The summed E-state index contributed by atoms with van der Waals surface area (Å²) in [5, 5.41) is 3.07. The highest BCUT2D eigenvalue weighted by atomic mass is 32.1. The predicted octanol–water partition coefficient (Wildman–Crippen LogP) is 3.02. The lowest BCUT2D eigenvalue weighted by molar-refractivity contribution is 0.0117. The summed E-state index contributed by atoms with van der Waals surface area (Å²) >= 11 is 1.56. The normalized spacial score (nSPS) is 16.9. The van der Waals surface area contributed by atoms with Gasteiger partial charge in [0.15, 0.2) is 0 Å². The Morgan fingerprint density at radius 1 is 1.29 bits per heavy atom. The van der Waals surface area contributed by atoms with Crippen LogP contribution in [0.5, 0.6) is 0 Å². The van der Waals surface area contributed by atoms with Gasteiger partial charge in [0.25, 0.3) is 5.91 Å². The minimum atomic E-state index is -0.0127. The second-order valence-electron chi connectivity index (χ2n) is 5.94. The molecule has 1 aliphatic rings. The van der Waals surface area contributed by atoms with E-state index in [0.29, 0.717) is 6.54 Å². The Balaban J connectivity index is 1.68. The lowest BCUT2D eigenvalue weighted by Gasteiger charge is -2.33. The molecule has 5 nitrogen and oxygen atoms in total. The Labute approximate surface area is 146 Å². The number of furan rings is 1. The van der Waals surface area contributed by atoms with Crippen LogP contribution in [0.4, 0.5) is 0 Å². The van der Waals surface area contributed by atoms with Crippen molar-refractivity contribution in [1.29, 1.82) is 0 Å². The molecule has 3 rings (SSSR count). The fourth-order valence-electron chi connectivity index (χ4n) is 2.90. The molecule has 24 heavy (non-hydrogen) atoms. The van der Waals surface area contributed by atoms with Gasteiger partial charge in [0.1, 0.15) is 11.5 Å². The zero-order valence-corrected chi connectivity index (χ0v) is 15.0. The van der Waals surface area contributed by atoms with Crippen molar-refractivity contribution in [3.8, 4) is 0 Å². The van der Waals surface area contributed by atoms with Gasteiger partial charge < -0.3 is 14.5 Å². The average molecular weight is 348 g/mol. The number of hydrogen-bond acceptors (Lipinski definition) is 5. The third-order valence-electron chi connectivity index (χ3n) is 4.27. The van der Waals surface area contributed by atoms with Crippen molar-refractivity contribution in [3.63, 3.8) is 0 Å². The van der Waals surface area contributed by atoms with Crippen molar-refractivity contribution < 1.29 is 13.9 Å². The molecule has 1 atom stereocenters. The van der Waals surface area contributed by atoms with Crippen molar-refractivity contribution in [3.05, 3.63) is 45.5 Å². The van der Waals surface area contributed by atoms with Crippen molar-refractivity contribution in [2.24, 2.45) is 0 Å². The topological polar surface area (TPSA) is 54.7 Å². The molecule has 0 bridgehead atoms. The van der Waals surface area contributed by atoms with E-state index >= 15 is 0 Å². The summed E-state index contributed by atoms with van der Waals surface area (Å²) in [6.07, 6.45) is 0.958. The summed E-state index contributed by atoms with van der Waals surface area (Å²) in [5.74, 6) is 1.77. The van der Waals surface area contributed by atoms with E-state index in [1.807, 2.05) is 31.2 Å². The van der Waals surface area contributed by atoms with E-state index in [2.05, 4.69) is 17.1 Å². The number of morpholine rings is 1. The molecule has 2 aromatic rings. The van der Waals surface area contributed by atoms with Crippen LogP contribution in [0.15, 0.2) is 28.7 Å². The first-order chi connectivity index (χ1) is 11.7. The summed E-state index contributed by atoms with van der Waals surface area (Å²) in [7, 11) is 0. The third kappa shape index (κ3) is 4.06. The number of nitrogens with zero attached hydrogens (tertiary/aromatic N) is 1. The zero-order valence-electron chi connectivity index (χ0n) is 14.2. The van der Waals surface area contributed by atoms with E-state index in [-0.39, 0.29) is 11.9 Å². The van der Waals surface area contributed by atoms with Crippen LogP contribution in [0.2, 0.25) is 0 Å². The maximum absolute atomic E-state index is 12.4. The molecule has 1 saturated heterocycles. The summed E-state index contributed by atoms with van der Waals surface area (Å²) in [6, 6.07) is 7.94. The van der Waals surface area contributed by atoms with Gasteiger partial charge in [-0.05, 0) is 37.6 Å². The zero-order chi connectivity index (χ0) is 16.9. The SMILES string of the molecule is CCc1ccc(C(=O)NC[C@H](c2ccc(C)o2)N2CCOCC2)s1. The lowest BCUT2D eigenvalue weighted by Crippen LogP contribution is -2.43. The van der Waals surface area contributed by atoms with Gasteiger partial charge in [-0.2, -0.15) is 0 Å². The Bertz CT molecular complexity index is 673. The number of aryl methyl sites for hydroxylation is 2. The number of carbonyl (C=O) groups excluding carboxylic acids is 1. The van der Waals surface area contributed by atoms with Crippen LogP contribution in [-0.2, 0) is 11.2 Å². The Morgan fingerprint density at radius 2 is 2.08 bits per heavy atom. The molecule has 6 heteroatoms. The molecule has 3 heterocycles. The smallest absolute Gasteiger partial charge is 0.261 e. The first-order valence-corrected chi connectivity index (χ1v) is 9.24. The molecule has 130 valence electrons. The van der Waals surface area contributed by atoms with Crippen LogP contribution in [0, 0.1) is 6.92 Å². The molecule has 0 aromatic carbocycles. The predicted molar refractivity (Wildman–Crippen MR) is 94.6 cm³/mol. The number of rotatable bonds is 6. The van der Waals surface area contributed by atoms with Gasteiger partial charge in [0, 0.05) is 24.5 Å². The third-order valence-corrected chi connectivity index (χ3v) is 5.49. The first-order valence-electron chi connectivity index (χ1n) is 8.42. The van der Waals surface area contributed by atoms with Crippen LogP contribution in [0.25, 0.3) is 0 Å². The van der Waals surface area contributed by atoms with Gasteiger partial charge >= 0.3 is 0 Å². The van der Waals surface area contributed by atoms with Crippen molar-refractivity contribution in [2.75, 3.05) is 32.8 Å². The van der Waals surface area contributed by atoms with E-state index in [0.717, 1.165) is 49.1 Å². The maximum Gasteiger partial charge on any atom is 0.261 e. The summed E-state index contributed by atoms with van der Waals surface area (Å²) in [6.45, 7) is 7.70. The Hall–Kier alpha value is -1.63. The number of hydrogen-bond donors (Lipinski definition) is 1. The highest BCUT2D eigenvalue weighted by molar-refractivity contribution is 7.14. The molecule has 1 fully saturated rings. The molecule has 0 aliphatic carbocycles. The maximum atomic E-state index is 12.4. The molecule has 0 radical (unpaired) electrons. The molecule has 1 N–H and O–H groups in total. The molecule has 1 aliphatic heterocycles. The van der Waals surface area contributed by atoms with Crippen molar-refractivity contribution >= 4 is 17.2 Å². The number of thiophene rings is 1. The molecular formula is C18H24N2O3S. The summed E-state index contributed by atoms with van der Waals surface area (Å²) in [5.41, 5.74) is 0. The van der Waals surface area contributed by atoms with Crippen LogP contribution < -0.4 is 5.32 Å². The van der Waals surface area contributed by atoms with Crippen LogP contribution in [0.1, 0.15) is 39.0 Å². The van der Waals surface area contributed by atoms with Gasteiger partial charge in [-0.1, -0.05) is 6.92 Å². The van der Waals surface area contributed by atoms with E-state index in [1.54, 1.807) is 11.3 Å². The number of amides is 1. The van der Waals surface area contributed by atoms with Crippen LogP contribution >= 0.6 is 11.3 Å². The fraction of sp³-hybridized carbons (Fsp3) is 0.500. The molecule has 0 saturated carbocycles. The van der Waals surface area contributed by atoms with Gasteiger partial charge in [-0.15, -0.1) is 11.3 Å². The molecule has 2 aromatic heterocycles. The van der Waals surface area contributed by atoms with Crippen molar-refractivity contribution in [1.82, 2.24) is 10.2 Å². The van der Waals surface area contributed by atoms with E-state index in [9.17, 15) is 4.79 Å². The van der Waals surface area contributed by atoms with E-state index < -0.39 is 0 Å². The minimum Gasteiger partial charge on any atom is -0.465 e. The summed E-state index contributed by atoms with van der Waals surface area (Å²) in [4.78, 5) is 16.7. The molecule has 1 amide bonds. The standard InChI is InChI=1S/C18H24N2O3S/c1-3-14-5-7-17(24-14)18(21)19-12-15(16-6-4-13(2)23-16)20-8-10-22-11-9-20/h4-7,15H,3,8-12H2,1-2H3,(H,19,21)/t15-/m1/s1. The molecular weight excluding hydrogens is 324 g/mol. The highest BCUT2D eigenvalue weighted by Crippen LogP contribution is 2.24. The number of nitrogens with one attached hydrogen (secondary N) is 1. The Kier molecular flexibility index (Phi) is 5.71. The lowest BCUT2D eigenvalue weighted by atomic mass is 10.1. The Morgan fingerprint density at radius 3 is 2.71 bits per heavy atom. The van der Waals surface area contributed by atoms with E-state index in [1.165, 1.54) is 4.88 Å². The van der Waals surface area contributed by atoms with Crippen molar-refractivity contribution in [2.45, 2.75) is 26.3 Å². The second kappa shape index (κ2) is 7.96. The van der Waals surface area contributed by atoms with Gasteiger partial charge in [-0.3, -0.25) is 9.69 Å². The molecule has 0 unspecified atom stereocenters. The second-order valence-corrected chi connectivity index (χ2v) is 7.11. The van der Waals surface area contributed by atoms with Gasteiger partial charge in [0.2, 0.25) is 0 Å². The fourth-order valence-corrected chi connectivity index (χ4v) is 3.76. The monoisotopic (exact) mass is 348 g/mol. The van der Waals surface area contributed by atoms with Crippen LogP contribution in [-0.4, -0.2) is 43.7 Å². The van der Waals surface area contributed by atoms with E-state index in [4.69, 9.17) is 9.15 Å². The van der Waals surface area contributed by atoms with Crippen LogP contribution in [0.3, 0.4) is 0 Å². The van der Waals surface area contributed by atoms with Gasteiger partial charge in [-0.25, -0.2) is 0 Å². The molecule has 0 spiro atoms. The summed E-state index contributed by atoms with van der Waals surface area (Å²) < 4.78 is 11.3. The van der Waals surface area contributed by atoms with Gasteiger partial charge in [0.05, 0.1) is 24.1 Å². The number of carbonyl (C=O) groups is 1. The minimum absolute atomic E-state index is 0.0127. The quantitative estimate of drug-likeness (QED) is 0.872. The number of ether oxygens (including phenoxy) is 1. The highest BCUT2D eigenvalue weighted by Gasteiger charge is 2.26. The average Bonchev–Trinajstić information content (AvgIpc) is 3.25.